The Labute approximate surface area is 105 Å². The van der Waals surface area contributed by atoms with Crippen molar-refractivity contribution in [3.05, 3.63) is 54.0 Å². The van der Waals surface area contributed by atoms with Crippen molar-refractivity contribution >= 4 is 11.0 Å². The molecule has 0 fully saturated rings. The van der Waals surface area contributed by atoms with Crippen LogP contribution in [0.1, 0.15) is 11.4 Å². The molecule has 4 heteroatoms. The van der Waals surface area contributed by atoms with E-state index in [2.05, 4.69) is 14.5 Å². The van der Waals surface area contributed by atoms with E-state index in [1.54, 1.807) is 6.20 Å². The van der Waals surface area contributed by atoms with E-state index < -0.39 is 0 Å². The van der Waals surface area contributed by atoms with Crippen molar-refractivity contribution in [3.63, 3.8) is 0 Å². The lowest BCUT2D eigenvalue weighted by molar-refractivity contribution is 0.942. The molecule has 4 nitrogen and oxygen atoms in total. The second kappa shape index (κ2) is 4.23. The standard InChI is InChI=1S/C14H14N4/c1-10-17-12-4-2-3-5-13(12)18(10)14-8-11(9-15)6-7-16-14/h2-8H,9,15H2,1H3. The summed E-state index contributed by atoms with van der Waals surface area (Å²) in [5, 5.41) is 0. The number of benzene rings is 1. The lowest BCUT2D eigenvalue weighted by atomic mass is 10.2. The third kappa shape index (κ3) is 1.67. The van der Waals surface area contributed by atoms with Crippen molar-refractivity contribution in [2.45, 2.75) is 13.5 Å². The highest BCUT2D eigenvalue weighted by molar-refractivity contribution is 5.77. The Morgan fingerprint density at radius 2 is 2.06 bits per heavy atom. The number of aromatic nitrogens is 3. The van der Waals surface area contributed by atoms with Gasteiger partial charge in [-0.1, -0.05) is 12.1 Å². The average Bonchev–Trinajstić information content (AvgIpc) is 2.74. The minimum atomic E-state index is 0.515. The van der Waals surface area contributed by atoms with E-state index in [9.17, 15) is 0 Å². The summed E-state index contributed by atoms with van der Waals surface area (Å²) in [4.78, 5) is 8.94. The Hall–Kier alpha value is -2.20. The largest absolute Gasteiger partial charge is 0.326 e. The molecule has 3 aromatic rings. The van der Waals surface area contributed by atoms with E-state index in [0.717, 1.165) is 28.2 Å². The van der Waals surface area contributed by atoms with Crippen LogP contribution in [-0.2, 0) is 6.54 Å². The van der Waals surface area contributed by atoms with E-state index >= 15 is 0 Å². The number of hydrogen-bond acceptors (Lipinski definition) is 3. The monoisotopic (exact) mass is 238 g/mol. The zero-order chi connectivity index (χ0) is 12.5. The van der Waals surface area contributed by atoms with E-state index in [-0.39, 0.29) is 0 Å². The normalized spacial score (nSPS) is 11.0. The molecule has 0 aliphatic heterocycles. The van der Waals surface area contributed by atoms with Crippen molar-refractivity contribution in [2.75, 3.05) is 0 Å². The molecule has 0 saturated heterocycles. The molecule has 0 bridgehead atoms. The molecule has 90 valence electrons. The van der Waals surface area contributed by atoms with Crippen LogP contribution in [0.4, 0.5) is 0 Å². The zero-order valence-electron chi connectivity index (χ0n) is 10.2. The molecule has 0 saturated carbocycles. The van der Waals surface area contributed by atoms with Crippen molar-refractivity contribution in [1.82, 2.24) is 14.5 Å². The predicted octanol–water partition coefficient (Wildman–Crippen LogP) is 2.19. The molecule has 0 aliphatic carbocycles. The Kier molecular flexibility index (Phi) is 2.57. The third-order valence-corrected chi connectivity index (χ3v) is 3.00. The fraction of sp³-hybridized carbons (Fsp3) is 0.143. The molecule has 0 unspecified atom stereocenters. The first-order valence-electron chi connectivity index (χ1n) is 5.89. The molecule has 0 amide bonds. The molecule has 18 heavy (non-hydrogen) atoms. The molecular formula is C14H14N4. The SMILES string of the molecule is Cc1nc2ccccc2n1-c1cc(CN)ccn1. The maximum Gasteiger partial charge on any atom is 0.138 e. The van der Waals surface area contributed by atoms with Gasteiger partial charge in [0.05, 0.1) is 11.0 Å². The second-order valence-corrected chi connectivity index (χ2v) is 4.21. The van der Waals surface area contributed by atoms with Gasteiger partial charge in [-0.2, -0.15) is 0 Å². The number of rotatable bonds is 2. The van der Waals surface area contributed by atoms with Gasteiger partial charge in [0.2, 0.25) is 0 Å². The molecule has 3 rings (SSSR count). The van der Waals surface area contributed by atoms with Crippen molar-refractivity contribution in [1.29, 1.82) is 0 Å². The lowest BCUT2D eigenvalue weighted by Gasteiger charge is -2.07. The van der Waals surface area contributed by atoms with Gasteiger partial charge in [-0.05, 0) is 36.8 Å². The maximum absolute atomic E-state index is 5.67. The summed E-state index contributed by atoms with van der Waals surface area (Å²) in [6.07, 6.45) is 1.78. The molecule has 0 spiro atoms. The van der Waals surface area contributed by atoms with Crippen LogP contribution in [0.15, 0.2) is 42.6 Å². The van der Waals surface area contributed by atoms with Gasteiger partial charge in [0.15, 0.2) is 0 Å². The third-order valence-electron chi connectivity index (χ3n) is 3.00. The van der Waals surface area contributed by atoms with Gasteiger partial charge in [-0.25, -0.2) is 9.97 Å². The summed E-state index contributed by atoms with van der Waals surface area (Å²) in [7, 11) is 0. The summed E-state index contributed by atoms with van der Waals surface area (Å²) in [5.74, 6) is 1.79. The van der Waals surface area contributed by atoms with Gasteiger partial charge < -0.3 is 5.73 Å². The Balaban J connectivity index is 2.27. The van der Waals surface area contributed by atoms with Crippen LogP contribution in [-0.4, -0.2) is 14.5 Å². The number of fused-ring (bicyclic) bond motifs is 1. The van der Waals surface area contributed by atoms with Gasteiger partial charge in [-0.15, -0.1) is 0 Å². The van der Waals surface area contributed by atoms with Gasteiger partial charge in [0.25, 0.3) is 0 Å². The Morgan fingerprint density at radius 3 is 2.89 bits per heavy atom. The van der Waals surface area contributed by atoms with Crippen LogP contribution in [0.5, 0.6) is 0 Å². The van der Waals surface area contributed by atoms with Crippen LogP contribution >= 0.6 is 0 Å². The van der Waals surface area contributed by atoms with Crippen LogP contribution in [0.2, 0.25) is 0 Å². The highest BCUT2D eigenvalue weighted by Crippen LogP contribution is 2.20. The Morgan fingerprint density at radius 1 is 1.22 bits per heavy atom. The highest BCUT2D eigenvalue weighted by Gasteiger charge is 2.09. The topological polar surface area (TPSA) is 56.7 Å². The number of nitrogens with two attached hydrogens (primary N) is 1. The minimum absolute atomic E-state index is 0.515. The van der Waals surface area contributed by atoms with E-state index in [1.165, 1.54) is 0 Å². The smallest absolute Gasteiger partial charge is 0.138 e. The van der Waals surface area contributed by atoms with Crippen LogP contribution in [0.25, 0.3) is 16.9 Å². The lowest BCUT2D eigenvalue weighted by Crippen LogP contribution is -2.03. The van der Waals surface area contributed by atoms with E-state index in [1.807, 2.05) is 43.3 Å². The van der Waals surface area contributed by atoms with Gasteiger partial charge in [0.1, 0.15) is 11.6 Å². The first kappa shape index (κ1) is 10.9. The summed E-state index contributed by atoms with van der Waals surface area (Å²) < 4.78 is 2.05. The molecule has 2 heterocycles. The van der Waals surface area contributed by atoms with Crippen molar-refractivity contribution in [2.24, 2.45) is 5.73 Å². The summed E-state index contributed by atoms with van der Waals surface area (Å²) >= 11 is 0. The van der Waals surface area contributed by atoms with Crippen molar-refractivity contribution in [3.8, 4) is 5.82 Å². The van der Waals surface area contributed by atoms with Gasteiger partial charge in [0, 0.05) is 12.7 Å². The summed E-state index contributed by atoms with van der Waals surface area (Å²) in [6.45, 7) is 2.50. The molecule has 0 aliphatic rings. The molecule has 2 N–H and O–H groups in total. The Bertz CT molecular complexity index is 700. The summed E-state index contributed by atoms with van der Waals surface area (Å²) in [5.41, 5.74) is 8.78. The number of para-hydroxylation sites is 2. The fourth-order valence-electron chi connectivity index (χ4n) is 2.15. The molecule has 0 radical (unpaired) electrons. The second-order valence-electron chi connectivity index (χ2n) is 4.21. The predicted molar refractivity (Wildman–Crippen MR) is 71.5 cm³/mol. The number of aryl methyl sites for hydroxylation is 1. The number of nitrogens with zero attached hydrogens (tertiary/aromatic N) is 3. The first-order valence-corrected chi connectivity index (χ1v) is 5.89. The molecule has 1 aromatic carbocycles. The number of pyridine rings is 1. The minimum Gasteiger partial charge on any atom is -0.326 e. The summed E-state index contributed by atoms with van der Waals surface area (Å²) in [6, 6.07) is 12.0. The first-order chi connectivity index (χ1) is 8.79. The number of imidazole rings is 1. The average molecular weight is 238 g/mol. The number of hydrogen-bond donors (Lipinski definition) is 1. The van der Waals surface area contributed by atoms with E-state index in [4.69, 9.17) is 5.73 Å². The zero-order valence-corrected chi connectivity index (χ0v) is 10.2. The van der Waals surface area contributed by atoms with Crippen LogP contribution in [0.3, 0.4) is 0 Å². The maximum atomic E-state index is 5.67. The molecule has 0 atom stereocenters. The highest BCUT2D eigenvalue weighted by atomic mass is 15.1. The van der Waals surface area contributed by atoms with Gasteiger partial charge >= 0.3 is 0 Å². The van der Waals surface area contributed by atoms with Crippen LogP contribution in [0, 0.1) is 6.92 Å². The van der Waals surface area contributed by atoms with E-state index in [0.29, 0.717) is 6.54 Å². The molecular weight excluding hydrogens is 224 g/mol. The quantitative estimate of drug-likeness (QED) is 0.744. The fourth-order valence-corrected chi connectivity index (χ4v) is 2.15. The van der Waals surface area contributed by atoms with Crippen LogP contribution < -0.4 is 5.73 Å². The van der Waals surface area contributed by atoms with Crippen molar-refractivity contribution < 1.29 is 0 Å². The molecule has 2 aromatic heterocycles. The van der Waals surface area contributed by atoms with Gasteiger partial charge in [-0.3, -0.25) is 4.57 Å².